The number of nitrogens with zero attached hydrogens (tertiary/aromatic N) is 2. The molecule has 2 aromatic rings. The summed E-state index contributed by atoms with van der Waals surface area (Å²) in [4.78, 5) is 8.93. The Balaban J connectivity index is 0.00000312. The van der Waals surface area contributed by atoms with Crippen molar-refractivity contribution in [2.75, 3.05) is 13.1 Å². The second kappa shape index (κ2) is 10.8. The van der Waals surface area contributed by atoms with Crippen LogP contribution in [0.3, 0.4) is 0 Å². The molecule has 0 aliphatic rings. The molecule has 0 aliphatic carbocycles. The molecular weight excluding hydrogens is 491 g/mol. The van der Waals surface area contributed by atoms with Gasteiger partial charge < -0.3 is 10.6 Å². The molecule has 0 fully saturated rings. The van der Waals surface area contributed by atoms with E-state index in [2.05, 4.69) is 75.5 Å². The average Bonchev–Trinajstić information content (AvgIpc) is 2.58. The number of benzene rings is 1. The van der Waals surface area contributed by atoms with Gasteiger partial charge in [0.1, 0.15) is 0 Å². The van der Waals surface area contributed by atoms with E-state index in [9.17, 15) is 0 Å². The monoisotopic (exact) mass is 516 g/mol. The van der Waals surface area contributed by atoms with Gasteiger partial charge in [0.25, 0.3) is 0 Å². The molecule has 1 aromatic heterocycles. The van der Waals surface area contributed by atoms with Crippen LogP contribution in [0, 0.1) is 0 Å². The minimum atomic E-state index is -0.00896. The van der Waals surface area contributed by atoms with Crippen LogP contribution in [0.5, 0.6) is 0 Å². The molecule has 1 heterocycles. The summed E-state index contributed by atoms with van der Waals surface area (Å²) in [5, 5.41) is 6.74. The number of guanidine groups is 1. The Bertz CT molecular complexity index is 674. The molecule has 0 bridgehead atoms. The maximum atomic E-state index is 4.62. The number of rotatable bonds is 6. The molecule has 136 valence electrons. The third-order valence-electron chi connectivity index (χ3n) is 3.77. The highest BCUT2D eigenvalue weighted by atomic mass is 127. The van der Waals surface area contributed by atoms with E-state index in [0.717, 1.165) is 29.2 Å². The van der Waals surface area contributed by atoms with Gasteiger partial charge in [0.2, 0.25) is 0 Å². The highest BCUT2D eigenvalue weighted by Gasteiger charge is 2.21. The van der Waals surface area contributed by atoms with E-state index in [4.69, 9.17) is 0 Å². The second-order valence-corrected chi connectivity index (χ2v) is 7.18. The Morgan fingerprint density at radius 3 is 2.60 bits per heavy atom. The predicted molar refractivity (Wildman–Crippen MR) is 120 cm³/mol. The van der Waals surface area contributed by atoms with Crippen molar-refractivity contribution in [3.05, 3.63) is 64.4 Å². The first kappa shape index (κ1) is 21.9. The van der Waals surface area contributed by atoms with E-state index in [1.165, 1.54) is 5.56 Å². The van der Waals surface area contributed by atoms with Crippen LogP contribution in [-0.2, 0) is 12.0 Å². The Labute approximate surface area is 176 Å². The molecule has 2 N–H and O–H groups in total. The summed E-state index contributed by atoms with van der Waals surface area (Å²) < 4.78 is 1.10. The van der Waals surface area contributed by atoms with Crippen molar-refractivity contribution in [1.29, 1.82) is 0 Å². The number of hydrogen-bond acceptors (Lipinski definition) is 2. The lowest BCUT2D eigenvalue weighted by molar-refractivity contribution is 0.508. The second-order valence-electron chi connectivity index (χ2n) is 6.26. The smallest absolute Gasteiger partial charge is 0.191 e. The minimum absolute atomic E-state index is 0. The fourth-order valence-electron chi connectivity index (χ4n) is 2.31. The number of nitrogens with one attached hydrogen (secondary N) is 2. The van der Waals surface area contributed by atoms with E-state index in [1.54, 1.807) is 6.20 Å². The van der Waals surface area contributed by atoms with Crippen molar-refractivity contribution >= 4 is 45.9 Å². The van der Waals surface area contributed by atoms with Crippen molar-refractivity contribution in [3.63, 3.8) is 0 Å². The van der Waals surface area contributed by atoms with Crippen LogP contribution in [-0.4, -0.2) is 24.0 Å². The maximum absolute atomic E-state index is 4.62. The lowest BCUT2D eigenvalue weighted by Gasteiger charge is -2.27. The van der Waals surface area contributed by atoms with E-state index in [0.29, 0.717) is 6.54 Å². The van der Waals surface area contributed by atoms with Crippen LogP contribution >= 0.6 is 39.9 Å². The Hall–Kier alpha value is -1.15. The van der Waals surface area contributed by atoms with E-state index in [1.807, 2.05) is 24.3 Å². The van der Waals surface area contributed by atoms with Gasteiger partial charge in [0, 0.05) is 29.2 Å². The normalized spacial score (nSPS) is 11.6. The molecule has 6 heteroatoms. The summed E-state index contributed by atoms with van der Waals surface area (Å²) in [5.74, 6) is 0.811. The molecule has 0 aliphatic heterocycles. The lowest BCUT2D eigenvalue weighted by atomic mass is 9.85. The molecule has 0 saturated carbocycles. The van der Waals surface area contributed by atoms with Gasteiger partial charge in [-0.15, -0.1) is 24.0 Å². The van der Waals surface area contributed by atoms with Gasteiger partial charge in [-0.25, -0.2) is 4.99 Å². The van der Waals surface area contributed by atoms with Gasteiger partial charge in [-0.2, -0.15) is 0 Å². The minimum Gasteiger partial charge on any atom is -0.357 e. The molecule has 0 unspecified atom stereocenters. The molecule has 25 heavy (non-hydrogen) atoms. The molecule has 0 atom stereocenters. The van der Waals surface area contributed by atoms with Gasteiger partial charge in [-0.05, 0) is 36.8 Å². The summed E-state index contributed by atoms with van der Waals surface area (Å²) in [6.07, 6.45) is 1.79. The maximum Gasteiger partial charge on any atom is 0.191 e. The van der Waals surface area contributed by atoms with E-state index in [-0.39, 0.29) is 29.4 Å². The highest BCUT2D eigenvalue weighted by Crippen LogP contribution is 2.25. The van der Waals surface area contributed by atoms with Crippen LogP contribution in [0.2, 0.25) is 0 Å². The van der Waals surface area contributed by atoms with E-state index < -0.39 is 0 Å². The molecule has 0 radical (unpaired) electrons. The Morgan fingerprint density at radius 2 is 1.96 bits per heavy atom. The van der Waals surface area contributed by atoms with Gasteiger partial charge >= 0.3 is 0 Å². The zero-order chi connectivity index (χ0) is 17.4. The van der Waals surface area contributed by atoms with Gasteiger partial charge in [0.05, 0.1) is 12.2 Å². The van der Waals surface area contributed by atoms with Crippen molar-refractivity contribution in [2.24, 2.45) is 4.99 Å². The number of pyridine rings is 1. The molecule has 4 nitrogen and oxygen atoms in total. The van der Waals surface area contributed by atoms with Crippen molar-refractivity contribution in [3.8, 4) is 0 Å². The van der Waals surface area contributed by atoms with Crippen LogP contribution < -0.4 is 10.6 Å². The van der Waals surface area contributed by atoms with Gasteiger partial charge in [0.15, 0.2) is 5.96 Å². The Kier molecular flexibility index (Phi) is 9.42. The van der Waals surface area contributed by atoms with Crippen molar-refractivity contribution in [2.45, 2.75) is 32.7 Å². The summed E-state index contributed by atoms with van der Waals surface area (Å²) in [6.45, 7) is 8.70. The van der Waals surface area contributed by atoms with Gasteiger partial charge in [-0.3, -0.25) is 4.98 Å². The van der Waals surface area contributed by atoms with Crippen LogP contribution in [0.25, 0.3) is 0 Å². The van der Waals surface area contributed by atoms with Gasteiger partial charge in [-0.1, -0.05) is 48.0 Å². The van der Waals surface area contributed by atoms with Crippen molar-refractivity contribution in [1.82, 2.24) is 15.6 Å². The topological polar surface area (TPSA) is 49.3 Å². The molecular formula is C19H26BrIN4. The largest absolute Gasteiger partial charge is 0.357 e. The number of halogens is 2. The standard InChI is InChI=1S/C19H25BrN4.HI/c1-4-21-18(23-13-17-10-5-6-11-22-17)24-14-19(2,3)15-8-7-9-16(20)12-15;/h5-12H,4,13-14H2,1-3H3,(H2,21,23,24);1H. The summed E-state index contributed by atoms with van der Waals surface area (Å²) in [7, 11) is 0. The summed E-state index contributed by atoms with van der Waals surface area (Å²) in [6, 6.07) is 14.3. The lowest BCUT2D eigenvalue weighted by Crippen LogP contribution is -2.43. The third kappa shape index (κ3) is 7.32. The number of aromatic nitrogens is 1. The van der Waals surface area contributed by atoms with E-state index >= 15 is 0 Å². The van der Waals surface area contributed by atoms with Crippen LogP contribution in [0.1, 0.15) is 32.0 Å². The summed E-state index contributed by atoms with van der Waals surface area (Å²) in [5.41, 5.74) is 2.23. The van der Waals surface area contributed by atoms with Crippen LogP contribution in [0.15, 0.2) is 58.1 Å². The highest BCUT2D eigenvalue weighted by molar-refractivity contribution is 14.0. The fourth-order valence-corrected chi connectivity index (χ4v) is 2.71. The molecule has 0 spiro atoms. The third-order valence-corrected chi connectivity index (χ3v) is 4.27. The zero-order valence-corrected chi connectivity index (χ0v) is 18.8. The molecule has 0 amide bonds. The van der Waals surface area contributed by atoms with Crippen LogP contribution in [0.4, 0.5) is 0 Å². The fraction of sp³-hybridized carbons (Fsp3) is 0.368. The summed E-state index contributed by atoms with van der Waals surface area (Å²) >= 11 is 3.55. The SMILES string of the molecule is CCNC(=NCc1ccccn1)NCC(C)(C)c1cccc(Br)c1.I. The first-order valence-corrected chi connectivity index (χ1v) is 8.98. The molecule has 0 saturated heterocycles. The molecule has 2 rings (SSSR count). The first-order chi connectivity index (χ1) is 11.5. The Morgan fingerprint density at radius 1 is 1.16 bits per heavy atom. The number of aliphatic imine (C=N–C) groups is 1. The predicted octanol–water partition coefficient (Wildman–Crippen LogP) is 4.50. The first-order valence-electron chi connectivity index (χ1n) is 8.19. The molecule has 1 aromatic carbocycles. The van der Waals surface area contributed by atoms with Crippen molar-refractivity contribution < 1.29 is 0 Å². The number of hydrogen-bond donors (Lipinski definition) is 2. The quantitative estimate of drug-likeness (QED) is 0.338. The zero-order valence-electron chi connectivity index (χ0n) is 14.9. The average molecular weight is 517 g/mol.